The zero-order chi connectivity index (χ0) is 20.1. The van der Waals surface area contributed by atoms with Gasteiger partial charge in [-0.25, -0.2) is 4.79 Å². The molecule has 0 spiro atoms. The summed E-state index contributed by atoms with van der Waals surface area (Å²) < 4.78 is 7.10. The molecular formula is C19H28N6O3. The molecule has 3 amide bonds. The zero-order valence-corrected chi connectivity index (χ0v) is 16.7. The van der Waals surface area contributed by atoms with Crippen molar-refractivity contribution in [3.05, 3.63) is 35.0 Å². The van der Waals surface area contributed by atoms with E-state index in [1.54, 1.807) is 0 Å². The number of amides is 3. The minimum absolute atomic E-state index is 0.0123. The lowest BCUT2D eigenvalue weighted by molar-refractivity contribution is -0.136. The first kappa shape index (κ1) is 19.9. The number of carbonyl (C=O) groups excluding carboxylic acids is 2. The Morgan fingerprint density at radius 3 is 2.71 bits per heavy atom. The molecule has 3 heterocycles. The molecule has 0 saturated heterocycles. The number of carbonyl (C=O) groups is 2. The van der Waals surface area contributed by atoms with Crippen LogP contribution in [0.5, 0.6) is 0 Å². The predicted octanol–water partition coefficient (Wildman–Crippen LogP) is 1.82. The first-order valence-corrected chi connectivity index (χ1v) is 9.76. The van der Waals surface area contributed by atoms with E-state index in [1.807, 2.05) is 35.6 Å². The average molecular weight is 388 g/mol. The van der Waals surface area contributed by atoms with Crippen molar-refractivity contribution >= 4 is 11.9 Å². The molecule has 1 aliphatic heterocycles. The van der Waals surface area contributed by atoms with Crippen LogP contribution in [0.1, 0.15) is 50.0 Å². The lowest BCUT2D eigenvalue weighted by Crippen LogP contribution is -2.40. The van der Waals surface area contributed by atoms with Gasteiger partial charge in [0.15, 0.2) is 5.76 Å². The molecule has 0 fully saturated rings. The maximum absolute atomic E-state index is 12.2. The van der Waals surface area contributed by atoms with Crippen molar-refractivity contribution in [3.63, 3.8) is 0 Å². The van der Waals surface area contributed by atoms with Gasteiger partial charge in [-0.1, -0.05) is 32.3 Å². The van der Waals surface area contributed by atoms with Gasteiger partial charge in [0.2, 0.25) is 5.91 Å². The van der Waals surface area contributed by atoms with Gasteiger partial charge in [0.1, 0.15) is 0 Å². The van der Waals surface area contributed by atoms with Gasteiger partial charge in [0.05, 0.1) is 43.3 Å². The second-order valence-corrected chi connectivity index (χ2v) is 7.34. The third-order valence-corrected chi connectivity index (χ3v) is 4.62. The minimum atomic E-state index is -0.295. The molecule has 2 aromatic rings. The summed E-state index contributed by atoms with van der Waals surface area (Å²) in [5.41, 5.74) is 2.66. The smallest absolute Gasteiger partial charge is 0.315 e. The van der Waals surface area contributed by atoms with Crippen LogP contribution < -0.4 is 10.6 Å². The van der Waals surface area contributed by atoms with E-state index < -0.39 is 0 Å². The molecule has 9 nitrogen and oxygen atoms in total. The molecule has 2 N–H and O–H groups in total. The standard InChI is InChI=1S/C19H28N6O3/c1-4-5-14-9-17(28-23-14)11-21-19(27)20-10-15-8-16-12-24(18(26)13(2)3)6-7-25(16)22-15/h8-9,13H,4-7,10-12H2,1-3H3,(H2,20,21,27). The second kappa shape index (κ2) is 8.90. The molecule has 0 bridgehead atoms. The van der Waals surface area contributed by atoms with Crippen LogP contribution in [0.25, 0.3) is 0 Å². The second-order valence-electron chi connectivity index (χ2n) is 7.34. The Morgan fingerprint density at radius 1 is 1.18 bits per heavy atom. The van der Waals surface area contributed by atoms with Gasteiger partial charge < -0.3 is 20.1 Å². The van der Waals surface area contributed by atoms with Crippen LogP contribution in [-0.2, 0) is 37.4 Å². The molecule has 0 atom stereocenters. The summed E-state index contributed by atoms with van der Waals surface area (Å²) >= 11 is 0. The molecule has 0 aliphatic carbocycles. The van der Waals surface area contributed by atoms with E-state index in [4.69, 9.17) is 4.52 Å². The van der Waals surface area contributed by atoms with E-state index in [0.717, 1.165) is 29.9 Å². The Hall–Kier alpha value is -2.84. The maximum Gasteiger partial charge on any atom is 0.315 e. The van der Waals surface area contributed by atoms with Crippen LogP contribution in [0, 0.1) is 5.92 Å². The molecule has 152 valence electrons. The first-order chi connectivity index (χ1) is 13.5. The first-order valence-electron chi connectivity index (χ1n) is 9.76. The number of aryl methyl sites for hydroxylation is 1. The van der Waals surface area contributed by atoms with Crippen molar-refractivity contribution in [3.8, 4) is 0 Å². The van der Waals surface area contributed by atoms with Crippen molar-refractivity contribution in [2.45, 2.75) is 59.8 Å². The highest BCUT2D eigenvalue weighted by Gasteiger charge is 2.23. The van der Waals surface area contributed by atoms with Gasteiger partial charge in [-0.05, 0) is 12.5 Å². The van der Waals surface area contributed by atoms with E-state index in [9.17, 15) is 9.59 Å². The highest BCUT2D eigenvalue weighted by Crippen LogP contribution is 2.16. The van der Waals surface area contributed by atoms with Crippen LogP contribution in [0.3, 0.4) is 0 Å². The molecule has 28 heavy (non-hydrogen) atoms. The third-order valence-electron chi connectivity index (χ3n) is 4.62. The molecule has 9 heteroatoms. The van der Waals surface area contributed by atoms with Crippen LogP contribution >= 0.6 is 0 Å². The summed E-state index contributed by atoms with van der Waals surface area (Å²) in [4.78, 5) is 26.0. The summed E-state index contributed by atoms with van der Waals surface area (Å²) in [6.45, 7) is 8.39. The Balaban J connectivity index is 1.46. The number of aromatic nitrogens is 3. The SMILES string of the molecule is CCCc1cc(CNC(=O)NCc2cc3n(n2)CCN(C(=O)C(C)C)C3)on1. The minimum Gasteiger partial charge on any atom is -0.359 e. The van der Waals surface area contributed by atoms with E-state index in [0.29, 0.717) is 31.9 Å². The van der Waals surface area contributed by atoms with Crippen LogP contribution in [0.4, 0.5) is 4.79 Å². The van der Waals surface area contributed by atoms with Crippen LogP contribution in [-0.4, -0.2) is 38.3 Å². The normalized spacial score (nSPS) is 13.5. The quantitative estimate of drug-likeness (QED) is 0.753. The number of urea groups is 1. The van der Waals surface area contributed by atoms with Crippen molar-refractivity contribution in [1.82, 2.24) is 30.5 Å². The van der Waals surface area contributed by atoms with Crippen molar-refractivity contribution in [1.29, 1.82) is 0 Å². The summed E-state index contributed by atoms with van der Waals surface area (Å²) in [7, 11) is 0. The molecule has 2 aromatic heterocycles. The van der Waals surface area contributed by atoms with Crippen molar-refractivity contribution < 1.29 is 14.1 Å². The third kappa shape index (κ3) is 4.90. The molecule has 0 aromatic carbocycles. The van der Waals surface area contributed by atoms with Crippen LogP contribution in [0.15, 0.2) is 16.7 Å². The summed E-state index contributed by atoms with van der Waals surface area (Å²) in [5.74, 6) is 0.772. The lowest BCUT2D eigenvalue weighted by Gasteiger charge is -2.29. The Morgan fingerprint density at radius 2 is 1.96 bits per heavy atom. The van der Waals surface area contributed by atoms with E-state index in [1.165, 1.54) is 0 Å². The van der Waals surface area contributed by atoms with Gasteiger partial charge in [-0.3, -0.25) is 9.48 Å². The number of nitrogens with one attached hydrogen (secondary N) is 2. The zero-order valence-electron chi connectivity index (χ0n) is 16.7. The van der Waals surface area contributed by atoms with E-state index in [-0.39, 0.29) is 24.4 Å². The van der Waals surface area contributed by atoms with E-state index >= 15 is 0 Å². The van der Waals surface area contributed by atoms with Gasteiger partial charge in [0.25, 0.3) is 0 Å². The number of rotatable bonds is 7. The Bertz CT molecular complexity index is 826. The van der Waals surface area contributed by atoms with Gasteiger partial charge in [0, 0.05) is 18.5 Å². The Labute approximate surface area is 164 Å². The fourth-order valence-corrected chi connectivity index (χ4v) is 3.18. The van der Waals surface area contributed by atoms with Gasteiger partial charge >= 0.3 is 6.03 Å². The molecule has 0 saturated carbocycles. The highest BCUT2D eigenvalue weighted by atomic mass is 16.5. The van der Waals surface area contributed by atoms with Gasteiger partial charge in [-0.2, -0.15) is 5.10 Å². The molecule has 3 rings (SSSR count). The summed E-state index contributed by atoms with van der Waals surface area (Å²) in [6.07, 6.45) is 1.86. The largest absolute Gasteiger partial charge is 0.359 e. The fraction of sp³-hybridized carbons (Fsp3) is 0.579. The van der Waals surface area contributed by atoms with Crippen molar-refractivity contribution in [2.75, 3.05) is 6.54 Å². The molecular weight excluding hydrogens is 360 g/mol. The molecule has 0 unspecified atom stereocenters. The topological polar surface area (TPSA) is 105 Å². The maximum atomic E-state index is 12.2. The van der Waals surface area contributed by atoms with Crippen LogP contribution in [0.2, 0.25) is 0 Å². The van der Waals surface area contributed by atoms with E-state index in [2.05, 4.69) is 27.8 Å². The molecule has 1 aliphatic rings. The molecule has 0 radical (unpaired) electrons. The average Bonchev–Trinajstić information content (AvgIpc) is 3.30. The number of nitrogens with zero attached hydrogens (tertiary/aromatic N) is 4. The number of hydrogen-bond acceptors (Lipinski definition) is 5. The highest BCUT2D eigenvalue weighted by molar-refractivity contribution is 5.78. The number of fused-ring (bicyclic) bond motifs is 1. The predicted molar refractivity (Wildman–Crippen MR) is 102 cm³/mol. The van der Waals surface area contributed by atoms with Gasteiger partial charge in [-0.15, -0.1) is 0 Å². The fourth-order valence-electron chi connectivity index (χ4n) is 3.18. The summed E-state index contributed by atoms with van der Waals surface area (Å²) in [6, 6.07) is 3.50. The Kier molecular flexibility index (Phi) is 6.33. The number of hydrogen-bond donors (Lipinski definition) is 2. The van der Waals surface area contributed by atoms with Crippen molar-refractivity contribution in [2.24, 2.45) is 5.92 Å². The monoisotopic (exact) mass is 388 g/mol. The summed E-state index contributed by atoms with van der Waals surface area (Å²) in [5, 5.41) is 14.0. The lowest BCUT2D eigenvalue weighted by atomic mass is 10.1.